The van der Waals surface area contributed by atoms with E-state index in [4.69, 9.17) is 11.6 Å². The van der Waals surface area contributed by atoms with E-state index in [-0.39, 0.29) is 22.5 Å². The molecule has 2 aromatic carbocycles. The van der Waals surface area contributed by atoms with Gasteiger partial charge in [-0.05, 0) is 31.2 Å². The molecule has 21 heavy (non-hydrogen) atoms. The molecule has 108 valence electrons. The van der Waals surface area contributed by atoms with Gasteiger partial charge >= 0.3 is 0 Å². The monoisotopic (exact) mass is 310 g/mol. The Kier molecular flexibility index (Phi) is 3.37. The lowest BCUT2D eigenvalue weighted by Gasteiger charge is -2.12. The molecule has 3 aromatic rings. The van der Waals surface area contributed by atoms with E-state index in [9.17, 15) is 13.2 Å². The van der Waals surface area contributed by atoms with E-state index < -0.39 is 22.8 Å². The van der Waals surface area contributed by atoms with Crippen LogP contribution in [0.25, 0.3) is 16.7 Å². The van der Waals surface area contributed by atoms with Gasteiger partial charge in [-0.3, -0.25) is 4.57 Å². The van der Waals surface area contributed by atoms with Gasteiger partial charge in [0.1, 0.15) is 28.7 Å². The van der Waals surface area contributed by atoms with E-state index in [1.54, 1.807) is 13.0 Å². The van der Waals surface area contributed by atoms with Gasteiger partial charge < -0.3 is 0 Å². The fraction of sp³-hybridized carbons (Fsp3) is 0.133. The summed E-state index contributed by atoms with van der Waals surface area (Å²) < 4.78 is 43.2. The van der Waals surface area contributed by atoms with Crippen molar-refractivity contribution in [3.8, 4) is 5.69 Å². The maximum absolute atomic E-state index is 14.1. The molecule has 0 N–H and O–H groups in total. The lowest BCUT2D eigenvalue weighted by atomic mass is 10.2. The third-order valence-corrected chi connectivity index (χ3v) is 3.37. The van der Waals surface area contributed by atoms with Crippen molar-refractivity contribution in [3.05, 3.63) is 59.7 Å². The smallest absolute Gasteiger partial charge is 0.151 e. The van der Waals surface area contributed by atoms with Gasteiger partial charge in [-0.25, -0.2) is 18.2 Å². The Bertz CT molecular complexity index is 807. The molecule has 0 saturated heterocycles. The lowest BCUT2D eigenvalue weighted by molar-refractivity contribution is 0.567. The van der Waals surface area contributed by atoms with Crippen LogP contribution in [-0.4, -0.2) is 9.55 Å². The van der Waals surface area contributed by atoms with Gasteiger partial charge in [0.25, 0.3) is 0 Å². The van der Waals surface area contributed by atoms with Gasteiger partial charge in [0, 0.05) is 0 Å². The van der Waals surface area contributed by atoms with Crippen LogP contribution >= 0.6 is 11.6 Å². The summed E-state index contributed by atoms with van der Waals surface area (Å²) in [7, 11) is 0. The molecule has 1 atom stereocenters. The summed E-state index contributed by atoms with van der Waals surface area (Å²) >= 11 is 6.04. The SMILES string of the molecule is CC(Cl)c1nc2c(F)cccc2n1-c1c(F)cccc1F. The second kappa shape index (κ2) is 5.07. The zero-order valence-corrected chi connectivity index (χ0v) is 11.7. The van der Waals surface area contributed by atoms with Gasteiger partial charge in [-0.1, -0.05) is 12.1 Å². The van der Waals surface area contributed by atoms with Gasteiger partial charge in [0.05, 0.1) is 10.9 Å². The highest BCUT2D eigenvalue weighted by Gasteiger charge is 2.22. The highest BCUT2D eigenvalue weighted by atomic mass is 35.5. The van der Waals surface area contributed by atoms with Crippen molar-refractivity contribution in [3.63, 3.8) is 0 Å². The Morgan fingerprint density at radius 1 is 1.00 bits per heavy atom. The van der Waals surface area contributed by atoms with Crippen molar-refractivity contribution in [2.24, 2.45) is 0 Å². The Morgan fingerprint density at radius 2 is 1.57 bits per heavy atom. The van der Waals surface area contributed by atoms with Crippen molar-refractivity contribution in [2.45, 2.75) is 12.3 Å². The molecule has 1 heterocycles. The van der Waals surface area contributed by atoms with E-state index in [1.807, 2.05) is 0 Å². The molecule has 1 aromatic heterocycles. The minimum Gasteiger partial charge on any atom is -0.289 e. The highest BCUT2D eigenvalue weighted by Crippen LogP contribution is 2.31. The summed E-state index contributed by atoms with van der Waals surface area (Å²) in [6.45, 7) is 1.61. The number of benzene rings is 2. The topological polar surface area (TPSA) is 17.8 Å². The van der Waals surface area contributed by atoms with Crippen molar-refractivity contribution < 1.29 is 13.2 Å². The van der Waals surface area contributed by atoms with Crippen LogP contribution in [0.15, 0.2) is 36.4 Å². The summed E-state index contributed by atoms with van der Waals surface area (Å²) in [5, 5.41) is -0.643. The maximum atomic E-state index is 14.1. The summed E-state index contributed by atoms with van der Waals surface area (Å²) in [4.78, 5) is 4.09. The molecule has 0 amide bonds. The number of para-hydroxylation sites is 2. The number of imidazole rings is 1. The van der Waals surface area contributed by atoms with Gasteiger partial charge in [0.15, 0.2) is 5.82 Å². The van der Waals surface area contributed by atoms with E-state index in [0.29, 0.717) is 0 Å². The highest BCUT2D eigenvalue weighted by molar-refractivity contribution is 6.20. The molecular formula is C15H10ClF3N2. The number of rotatable bonds is 2. The second-order valence-electron chi connectivity index (χ2n) is 4.60. The summed E-state index contributed by atoms with van der Waals surface area (Å²) in [6, 6.07) is 7.76. The van der Waals surface area contributed by atoms with Crippen LogP contribution in [-0.2, 0) is 0 Å². The van der Waals surface area contributed by atoms with Gasteiger partial charge in [-0.15, -0.1) is 11.6 Å². The molecule has 0 radical (unpaired) electrons. The van der Waals surface area contributed by atoms with Crippen molar-refractivity contribution in [1.82, 2.24) is 9.55 Å². The van der Waals surface area contributed by atoms with Crippen LogP contribution in [0, 0.1) is 17.5 Å². The van der Waals surface area contributed by atoms with Crippen molar-refractivity contribution >= 4 is 22.6 Å². The Labute approximate surface area is 123 Å². The van der Waals surface area contributed by atoms with Crippen LogP contribution in [0.2, 0.25) is 0 Å². The Balaban J connectivity index is 2.46. The van der Waals surface area contributed by atoms with Crippen LogP contribution in [0.4, 0.5) is 13.2 Å². The van der Waals surface area contributed by atoms with Crippen LogP contribution in [0.1, 0.15) is 18.1 Å². The van der Waals surface area contributed by atoms with Crippen LogP contribution in [0.5, 0.6) is 0 Å². The maximum Gasteiger partial charge on any atom is 0.151 e. The predicted octanol–water partition coefficient (Wildman–Crippen LogP) is 4.74. The van der Waals surface area contributed by atoms with Crippen molar-refractivity contribution in [1.29, 1.82) is 0 Å². The first-order valence-electron chi connectivity index (χ1n) is 6.26. The normalized spacial score (nSPS) is 12.8. The fourth-order valence-corrected chi connectivity index (χ4v) is 2.43. The molecule has 0 saturated carbocycles. The number of halogens is 4. The number of aromatic nitrogens is 2. The molecule has 0 aliphatic rings. The lowest BCUT2D eigenvalue weighted by Crippen LogP contribution is -2.06. The molecule has 0 bridgehead atoms. The first-order chi connectivity index (χ1) is 10.0. The molecule has 6 heteroatoms. The van der Waals surface area contributed by atoms with Crippen LogP contribution < -0.4 is 0 Å². The second-order valence-corrected chi connectivity index (χ2v) is 5.25. The first kappa shape index (κ1) is 13.9. The average molecular weight is 311 g/mol. The third kappa shape index (κ3) is 2.17. The minimum absolute atomic E-state index is 0.0302. The van der Waals surface area contributed by atoms with Gasteiger partial charge in [-0.2, -0.15) is 0 Å². The molecule has 2 nitrogen and oxygen atoms in total. The molecule has 3 rings (SSSR count). The van der Waals surface area contributed by atoms with E-state index >= 15 is 0 Å². The quantitative estimate of drug-likeness (QED) is 0.625. The Hall–Kier alpha value is -2.01. The zero-order valence-electron chi connectivity index (χ0n) is 10.9. The van der Waals surface area contributed by atoms with Gasteiger partial charge in [0.2, 0.25) is 0 Å². The summed E-state index contributed by atoms with van der Waals surface area (Å²) in [5.74, 6) is -1.92. The predicted molar refractivity (Wildman–Crippen MR) is 75.2 cm³/mol. The molecule has 0 aliphatic heterocycles. The van der Waals surface area contributed by atoms with E-state index in [1.165, 1.54) is 22.8 Å². The number of fused-ring (bicyclic) bond motifs is 1. The number of alkyl halides is 1. The van der Waals surface area contributed by atoms with E-state index in [2.05, 4.69) is 4.98 Å². The molecule has 0 spiro atoms. The Morgan fingerprint density at radius 3 is 2.19 bits per heavy atom. The summed E-state index contributed by atoms with van der Waals surface area (Å²) in [5.41, 5.74) is -0.0164. The summed E-state index contributed by atoms with van der Waals surface area (Å²) in [6.07, 6.45) is 0. The van der Waals surface area contributed by atoms with Crippen molar-refractivity contribution in [2.75, 3.05) is 0 Å². The van der Waals surface area contributed by atoms with E-state index in [0.717, 1.165) is 12.1 Å². The third-order valence-electron chi connectivity index (χ3n) is 3.18. The number of nitrogens with zero attached hydrogens (tertiary/aromatic N) is 2. The molecule has 1 unspecified atom stereocenters. The minimum atomic E-state index is -0.767. The van der Waals surface area contributed by atoms with Crippen LogP contribution in [0.3, 0.4) is 0 Å². The number of hydrogen-bond acceptors (Lipinski definition) is 1. The molecule has 0 aliphatic carbocycles. The first-order valence-corrected chi connectivity index (χ1v) is 6.69. The zero-order chi connectivity index (χ0) is 15.1. The largest absolute Gasteiger partial charge is 0.289 e. The molecular weight excluding hydrogens is 301 g/mol. The number of hydrogen-bond donors (Lipinski definition) is 0. The average Bonchev–Trinajstić information content (AvgIpc) is 2.80. The molecule has 0 fully saturated rings. The standard InChI is InChI=1S/C15H10ClF3N2/c1-8(16)15-20-13-9(17)4-3-7-12(13)21(15)14-10(18)5-2-6-11(14)19/h2-8H,1H3. The fourth-order valence-electron chi connectivity index (χ4n) is 2.29.